The van der Waals surface area contributed by atoms with Crippen LogP contribution in [0.25, 0.3) is 0 Å². The Hall–Kier alpha value is 0.194. The van der Waals surface area contributed by atoms with Crippen molar-refractivity contribution in [1.82, 2.24) is 29.8 Å². The first-order chi connectivity index (χ1) is 9.07. The first-order valence-corrected chi connectivity index (χ1v) is 15.2. The highest BCUT2D eigenvalue weighted by atomic mass is 29.1. The molecule has 0 N–H and O–H groups in total. The summed E-state index contributed by atoms with van der Waals surface area (Å²) in [4.78, 5) is 6.69. The molecule has 0 unspecified atom stereocenters. The van der Waals surface area contributed by atoms with Gasteiger partial charge in [0.1, 0.15) is 0 Å². The molecule has 0 spiro atoms. The van der Waals surface area contributed by atoms with Gasteiger partial charge in [0.25, 0.3) is 0 Å². The van der Waals surface area contributed by atoms with Gasteiger partial charge in [-0.15, -0.1) is 5.12 Å². The van der Waals surface area contributed by atoms with Gasteiger partial charge in [0.05, 0.1) is 0 Å². The van der Waals surface area contributed by atoms with Gasteiger partial charge in [0.2, 0.25) is 0 Å². The zero-order chi connectivity index (χ0) is 16.7. The van der Waals surface area contributed by atoms with E-state index < -0.39 is 0 Å². The van der Waals surface area contributed by atoms with Crippen LogP contribution in [0.5, 0.6) is 0 Å². The SMILES string of the molecule is CN(C)CC(N(C)C)(N(C)C)N(N(C)C)N(C)C.[SiH3][SiH3]. The Morgan fingerprint density at radius 3 is 1.10 bits per heavy atom. The summed E-state index contributed by atoms with van der Waals surface area (Å²) in [6.45, 7) is 0.892. The van der Waals surface area contributed by atoms with E-state index in [9.17, 15) is 0 Å². The van der Waals surface area contributed by atoms with Crippen molar-refractivity contribution in [2.24, 2.45) is 0 Å². The van der Waals surface area contributed by atoms with Gasteiger partial charge in [0.15, 0.2) is 5.79 Å². The molecule has 0 amide bonds. The second-order valence-corrected chi connectivity index (χ2v) is 5.78. The van der Waals surface area contributed by atoms with Crippen molar-refractivity contribution in [3.63, 3.8) is 0 Å². The van der Waals surface area contributed by atoms with Gasteiger partial charge in [0, 0.05) is 34.7 Å². The molecule has 0 saturated carbocycles. The molecule has 0 aliphatic rings. The minimum absolute atomic E-state index is 0.240. The van der Waals surface area contributed by atoms with Gasteiger partial charge in [-0.1, -0.05) is 0 Å². The molecule has 0 rings (SSSR count). The van der Waals surface area contributed by atoms with Crippen LogP contribution >= 0.6 is 0 Å². The van der Waals surface area contributed by atoms with Crippen LogP contribution in [0.3, 0.4) is 0 Å². The molecule has 124 valence electrons. The smallest absolute Gasteiger partial charge is 0.170 e. The van der Waals surface area contributed by atoms with Crippen molar-refractivity contribution in [3.05, 3.63) is 0 Å². The lowest BCUT2D eigenvalue weighted by molar-refractivity contribution is -0.299. The first kappa shape index (κ1) is 22.5. The highest BCUT2D eigenvalue weighted by Crippen LogP contribution is 2.23. The molecular formula is C12H38N6Si2. The van der Waals surface area contributed by atoms with Crippen LogP contribution < -0.4 is 0 Å². The molecule has 0 aliphatic carbocycles. The van der Waals surface area contributed by atoms with E-state index >= 15 is 0 Å². The van der Waals surface area contributed by atoms with Crippen molar-refractivity contribution < 1.29 is 0 Å². The maximum Gasteiger partial charge on any atom is 0.170 e. The largest absolute Gasteiger partial charge is 0.305 e. The Morgan fingerprint density at radius 2 is 0.950 bits per heavy atom. The fraction of sp³-hybridized carbons (Fsp3) is 1.00. The summed E-state index contributed by atoms with van der Waals surface area (Å²) >= 11 is 0. The van der Waals surface area contributed by atoms with E-state index in [-0.39, 0.29) is 5.79 Å². The third kappa shape index (κ3) is 5.53. The van der Waals surface area contributed by atoms with Crippen molar-refractivity contribution >= 4 is 19.5 Å². The van der Waals surface area contributed by atoms with Gasteiger partial charge >= 0.3 is 0 Å². The van der Waals surface area contributed by atoms with Gasteiger partial charge in [-0.25, -0.2) is 10.0 Å². The highest BCUT2D eigenvalue weighted by Gasteiger charge is 2.44. The van der Waals surface area contributed by atoms with E-state index in [1.807, 2.05) is 0 Å². The topological polar surface area (TPSA) is 19.4 Å². The van der Waals surface area contributed by atoms with Crippen LogP contribution in [0.15, 0.2) is 0 Å². The number of hydrazine groups is 2. The van der Waals surface area contributed by atoms with E-state index in [0.717, 1.165) is 6.54 Å². The Bertz CT molecular complexity index is 230. The molecule has 0 saturated heterocycles. The summed E-state index contributed by atoms with van der Waals surface area (Å²) in [6.07, 6.45) is 0. The maximum atomic E-state index is 2.24. The molecule has 0 radical (unpaired) electrons. The Morgan fingerprint density at radius 1 is 0.650 bits per heavy atom. The average Bonchev–Trinajstić information content (AvgIpc) is 2.28. The van der Waals surface area contributed by atoms with E-state index in [1.54, 1.807) is 0 Å². The molecule has 6 nitrogen and oxygen atoms in total. The summed E-state index contributed by atoms with van der Waals surface area (Å²) in [7, 11) is 23.8. The molecule has 0 bridgehead atoms. The van der Waals surface area contributed by atoms with Crippen molar-refractivity contribution in [2.45, 2.75) is 5.79 Å². The maximum absolute atomic E-state index is 2.24. The number of nitrogens with zero attached hydrogens (tertiary/aromatic N) is 6. The Labute approximate surface area is 132 Å². The van der Waals surface area contributed by atoms with Crippen molar-refractivity contribution in [1.29, 1.82) is 0 Å². The van der Waals surface area contributed by atoms with Crippen LogP contribution in [0.2, 0.25) is 0 Å². The molecular weight excluding hydrogens is 284 g/mol. The molecule has 8 heteroatoms. The zero-order valence-corrected chi connectivity index (χ0v) is 19.9. The van der Waals surface area contributed by atoms with E-state index in [4.69, 9.17) is 0 Å². The fourth-order valence-corrected chi connectivity index (χ4v) is 2.53. The Balaban J connectivity index is 0. The van der Waals surface area contributed by atoms with Crippen LogP contribution in [-0.2, 0) is 0 Å². The number of hydrogen-bond acceptors (Lipinski definition) is 6. The summed E-state index contributed by atoms with van der Waals surface area (Å²) in [5, 5.41) is 6.47. The second-order valence-electron chi connectivity index (χ2n) is 5.78. The van der Waals surface area contributed by atoms with E-state index in [2.05, 4.69) is 100 Å². The third-order valence-electron chi connectivity index (χ3n) is 3.04. The Kier molecular flexibility index (Phi) is 11.2. The summed E-state index contributed by atoms with van der Waals surface area (Å²) < 4.78 is 0. The first-order valence-electron chi connectivity index (χ1n) is 7.21. The zero-order valence-electron chi connectivity index (χ0n) is 15.9. The quantitative estimate of drug-likeness (QED) is 0.285. The fourth-order valence-electron chi connectivity index (χ4n) is 2.53. The van der Waals surface area contributed by atoms with Gasteiger partial charge in [-0.3, -0.25) is 9.80 Å². The average molecular weight is 323 g/mol. The molecule has 0 fully saturated rings. The van der Waals surface area contributed by atoms with Crippen LogP contribution in [0, 0.1) is 0 Å². The normalized spacial score (nSPS) is 13.2. The van der Waals surface area contributed by atoms with Gasteiger partial charge < -0.3 is 4.90 Å². The van der Waals surface area contributed by atoms with Crippen LogP contribution in [0.1, 0.15) is 0 Å². The summed E-state index contributed by atoms with van der Waals surface area (Å²) in [6, 6.07) is 0. The predicted octanol–water partition coefficient (Wildman–Crippen LogP) is -2.79. The number of likely N-dealkylation sites (N-methyl/N-ethyl adjacent to an activating group) is 3. The summed E-state index contributed by atoms with van der Waals surface area (Å²) in [5.74, 6) is -0.240. The number of rotatable bonds is 7. The molecule has 0 aliphatic heterocycles. The predicted molar refractivity (Wildman–Crippen MR) is 97.8 cm³/mol. The lowest BCUT2D eigenvalue weighted by Crippen LogP contribution is -2.75. The molecule has 0 atom stereocenters. The van der Waals surface area contributed by atoms with Crippen molar-refractivity contribution in [2.75, 3.05) is 77.0 Å². The van der Waals surface area contributed by atoms with Crippen LogP contribution in [0.4, 0.5) is 0 Å². The molecule has 0 aromatic carbocycles. The second kappa shape index (κ2) is 10.0. The highest BCUT2D eigenvalue weighted by molar-refractivity contribution is 6.75. The third-order valence-corrected chi connectivity index (χ3v) is 3.04. The van der Waals surface area contributed by atoms with Crippen LogP contribution in [-0.4, -0.2) is 132 Å². The lowest BCUT2D eigenvalue weighted by atomic mass is 10.2. The molecule has 0 aromatic heterocycles. The minimum Gasteiger partial charge on any atom is -0.305 e. The molecule has 0 heterocycles. The number of hydrogen-bond donors (Lipinski definition) is 0. The van der Waals surface area contributed by atoms with Crippen molar-refractivity contribution in [3.8, 4) is 0 Å². The van der Waals surface area contributed by atoms with E-state index in [1.165, 1.54) is 19.5 Å². The van der Waals surface area contributed by atoms with E-state index in [0.29, 0.717) is 0 Å². The monoisotopic (exact) mass is 322 g/mol. The summed E-state index contributed by atoms with van der Waals surface area (Å²) in [5.41, 5.74) is 0. The molecule has 20 heavy (non-hydrogen) atoms. The minimum atomic E-state index is -0.240. The standard InChI is InChI=1S/C12H32N6.H6Si2/c1-13(2)11-12(14(3)4,15(5)6)18(16(7)8)17(9)10;1-2/h11H2,1-10H3;1-2H3. The lowest BCUT2D eigenvalue weighted by Gasteiger charge is -2.56. The van der Waals surface area contributed by atoms with Gasteiger partial charge in [-0.05, 0) is 61.8 Å². The molecule has 0 aromatic rings. The van der Waals surface area contributed by atoms with Gasteiger partial charge in [-0.2, -0.15) is 0 Å².